The lowest BCUT2D eigenvalue weighted by molar-refractivity contribution is 1.06. The molecule has 0 aliphatic heterocycles. The summed E-state index contributed by atoms with van der Waals surface area (Å²) in [6, 6.07) is 2.06. The van der Waals surface area contributed by atoms with Gasteiger partial charge in [-0.05, 0) is 36.6 Å². The number of hydrogen-bond donors (Lipinski definition) is 0. The summed E-state index contributed by atoms with van der Waals surface area (Å²) < 4.78 is 0. The van der Waals surface area contributed by atoms with Gasteiger partial charge in [0.1, 0.15) is 0 Å². The average Bonchev–Trinajstić information content (AvgIpc) is 2.22. The van der Waals surface area contributed by atoms with Crippen LogP contribution in [0.3, 0.4) is 0 Å². The third-order valence-electron chi connectivity index (χ3n) is 2.09. The highest BCUT2D eigenvalue weighted by molar-refractivity contribution is 5.37. The molecule has 0 spiro atoms. The highest BCUT2D eigenvalue weighted by Crippen LogP contribution is 1.95. The van der Waals surface area contributed by atoms with Crippen LogP contribution in [0.2, 0.25) is 0 Å². The minimum absolute atomic E-state index is 1.14. The predicted octanol–water partition coefficient (Wildman–Crippen LogP) is 1.77. The Kier molecular flexibility index (Phi) is 3.69. The van der Waals surface area contributed by atoms with Gasteiger partial charge in [0.05, 0.1) is 5.35 Å². The fourth-order valence-corrected chi connectivity index (χ4v) is 1.47. The van der Waals surface area contributed by atoms with Gasteiger partial charge < -0.3 is 0 Å². The Morgan fingerprint density at radius 1 is 1.15 bits per heavy atom. The number of pyridine rings is 1. The first-order chi connectivity index (χ1) is 6.38. The summed E-state index contributed by atoms with van der Waals surface area (Å²) in [5.41, 5.74) is 1.34. The number of aryl methyl sites for hydroxylation is 1. The summed E-state index contributed by atoms with van der Waals surface area (Å²) in [5, 5.41) is 2.50. The van der Waals surface area contributed by atoms with Crippen LogP contribution < -0.4 is 10.6 Å². The Balaban J connectivity index is 0.000000396. The number of aromatic nitrogens is 1. The first kappa shape index (κ1) is 9.97. The zero-order chi connectivity index (χ0) is 9.68. The minimum Gasteiger partial charge on any atom is -0.257 e. The van der Waals surface area contributed by atoms with Crippen molar-refractivity contribution in [3.05, 3.63) is 28.4 Å². The molecule has 0 atom stereocenters. The van der Waals surface area contributed by atoms with Gasteiger partial charge in [-0.15, -0.1) is 0 Å². The molecular formula is C12H17N. The van der Waals surface area contributed by atoms with Crippen LogP contribution in [0.1, 0.15) is 32.3 Å². The molecule has 0 amide bonds. The van der Waals surface area contributed by atoms with E-state index in [1.165, 1.54) is 17.2 Å². The van der Waals surface area contributed by atoms with E-state index in [0.717, 1.165) is 11.8 Å². The molecule has 0 radical (unpaired) electrons. The number of hydrogen-bond acceptors (Lipinski definition) is 1. The quantitative estimate of drug-likeness (QED) is 0.585. The predicted molar refractivity (Wildman–Crippen MR) is 57.7 cm³/mol. The lowest BCUT2D eigenvalue weighted by Gasteiger charge is -2.00. The molecule has 0 saturated heterocycles. The van der Waals surface area contributed by atoms with E-state index in [2.05, 4.69) is 30.1 Å². The maximum Gasteiger partial charge on any atom is 0.0661 e. The molecule has 0 unspecified atom stereocenters. The second kappa shape index (κ2) is 4.80. The third-order valence-corrected chi connectivity index (χ3v) is 2.09. The molecule has 0 saturated carbocycles. The van der Waals surface area contributed by atoms with Crippen molar-refractivity contribution in [2.24, 2.45) is 0 Å². The summed E-state index contributed by atoms with van der Waals surface area (Å²) in [6.45, 7) is 6.14. The van der Waals surface area contributed by atoms with Crippen molar-refractivity contribution in [1.82, 2.24) is 4.98 Å². The molecule has 1 aliphatic rings. The molecule has 1 heterocycles. The number of fused-ring (bicyclic) bond motifs is 1. The van der Waals surface area contributed by atoms with Gasteiger partial charge in [0.15, 0.2) is 0 Å². The smallest absolute Gasteiger partial charge is 0.0661 e. The van der Waals surface area contributed by atoms with Gasteiger partial charge in [-0.2, -0.15) is 0 Å². The Morgan fingerprint density at radius 2 is 1.85 bits per heavy atom. The maximum atomic E-state index is 4.29. The molecule has 0 fully saturated rings. The van der Waals surface area contributed by atoms with Crippen LogP contribution in [0, 0.1) is 6.92 Å². The molecule has 2 rings (SSSR count). The Labute approximate surface area is 79.8 Å². The van der Waals surface area contributed by atoms with Gasteiger partial charge in [-0.25, -0.2) is 0 Å². The standard InChI is InChI=1S/C10H11N.C2H6/c1-8-6-7-11-10-5-3-2-4-9(8)10;1-2/h4-7H,2-3H2,1H3;1-2H3. The highest BCUT2D eigenvalue weighted by Gasteiger charge is 1.95. The highest BCUT2D eigenvalue weighted by atomic mass is 14.6. The molecule has 70 valence electrons. The minimum atomic E-state index is 1.14. The second-order valence-corrected chi connectivity index (χ2v) is 2.91. The van der Waals surface area contributed by atoms with Crippen LogP contribution in [0.4, 0.5) is 0 Å². The summed E-state index contributed by atoms with van der Waals surface area (Å²) in [6.07, 6.45) is 8.67. The van der Waals surface area contributed by atoms with Gasteiger partial charge in [-0.1, -0.05) is 26.0 Å². The normalized spacial score (nSPS) is 12.8. The topological polar surface area (TPSA) is 12.9 Å². The molecular weight excluding hydrogens is 158 g/mol. The van der Waals surface area contributed by atoms with Crippen LogP contribution in [0.15, 0.2) is 12.3 Å². The molecule has 0 aromatic carbocycles. The molecule has 13 heavy (non-hydrogen) atoms. The molecule has 0 N–H and O–H groups in total. The van der Waals surface area contributed by atoms with Crippen molar-refractivity contribution >= 4 is 12.2 Å². The van der Waals surface area contributed by atoms with Crippen molar-refractivity contribution < 1.29 is 0 Å². The van der Waals surface area contributed by atoms with Gasteiger partial charge in [0, 0.05) is 6.20 Å². The van der Waals surface area contributed by atoms with Crippen molar-refractivity contribution in [3.8, 4) is 0 Å². The van der Waals surface area contributed by atoms with Crippen LogP contribution in [-0.4, -0.2) is 4.98 Å². The second-order valence-electron chi connectivity index (χ2n) is 2.91. The monoisotopic (exact) mass is 175 g/mol. The van der Waals surface area contributed by atoms with Gasteiger partial charge in [-0.3, -0.25) is 4.98 Å². The first-order valence-corrected chi connectivity index (χ1v) is 5.00. The van der Waals surface area contributed by atoms with Crippen molar-refractivity contribution in [2.45, 2.75) is 33.6 Å². The molecule has 1 aromatic heterocycles. The van der Waals surface area contributed by atoms with E-state index in [1.807, 2.05) is 20.0 Å². The first-order valence-electron chi connectivity index (χ1n) is 5.00. The summed E-state index contributed by atoms with van der Waals surface area (Å²) in [4.78, 5) is 4.29. The number of rotatable bonds is 0. The molecule has 1 aliphatic carbocycles. The van der Waals surface area contributed by atoms with E-state index in [1.54, 1.807) is 0 Å². The summed E-state index contributed by atoms with van der Waals surface area (Å²) in [7, 11) is 0. The third kappa shape index (κ3) is 2.18. The van der Waals surface area contributed by atoms with E-state index in [9.17, 15) is 0 Å². The van der Waals surface area contributed by atoms with Gasteiger partial charge in [0.25, 0.3) is 0 Å². The maximum absolute atomic E-state index is 4.29. The van der Waals surface area contributed by atoms with Gasteiger partial charge in [0.2, 0.25) is 0 Å². The average molecular weight is 175 g/mol. The summed E-state index contributed by atoms with van der Waals surface area (Å²) in [5.74, 6) is 0. The van der Waals surface area contributed by atoms with E-state index < -0.39 is 0 Å². The largest absolute Gasteiger partial charge is 0.257 e. The Morgan fingerprint density at radius 3 is 2.54 bits per heavy atom. The van der Waals surface area contributed by atoms with E-state index in [4.69, 9.17) is 0 Å². The van der Waals surface area contributed by atoms with Crippen LogP contribution in [0.5, 0.6) is 0 Å². The fourth-order valence-electron chi connectivity index (χ4n) is 1.47. The molecule has 1 aromatic rings. The van der Waals surface area contributed by atoms with Crippen molar-refractivity contribution in [1.29, 1.82) is 0 Å². The van der Waals surface area contributed by atoms with Crippen LogP contribution in [0.25, 0.3) is 12.2 Å². The Hall–Kier alpha value is -1.11. The lowest BCUT2D eigenvalue weighted by atomic mass is 10.1. The zero-order valence-electron chi connectivity index (χ0n) is 8.67. The van der Waals surface area contributed by atoms with Crippen LogP contribution >= 0.6 is 0 Å². The van der Waals surface area contributed by atoms with Crippen molar-refractivity contribution in [3.63, 3.8) is 0 Å². The molecule has 0 bridgehead atoms. The van der Waals surface area contributed by atoms with E-state index in [-0.39, 0.29) is 0 Å². The van der Waals surface area contributed by atoms with Crippen molar-refractivity contribution in [2.75, 3.05) is 0 Å². The Bertz CT molecular complexity index is 377. The molecule has 1 heteroatoms. The fraction of sp³-hybridized carbons (Fsp3) is 0.417. The lowest BCUT2D eigenvalue weighted by Crippen LogP contribution is -2.31. The van der Waals surface area contributed by atoms with E-state index in [0.29, 0.717) is 0 Å². The zero-order valence-corrected chi connectivity index (χ0v) is 8.67. The SMILES string of the molecule is CC.Cc1ccnc2c1=CCCC=2. The van der Waals surface area contributed by atoms with E-state index >= 15 is 0 Å². The molecule has 1 nitrogen and oxygen atoms in total. The number of nitrogens with zero attached hydrogens (tertiary/aromatic N) is 1. The van der Waals surface area contributed by atoms with Gasteiger partial charge >= 0.3 is 0 Å². The summed E-state index contributed by atoms with van der Waals surface area (Å²) >= 11 is 0. The van der Waals surface area contributed by atoms with Crippen LogP contribution in [-0.2, 0) is 0 Å².